The lowest BCUT2D eigenvalue weighted by Crippen LogP contribution is -2.31. The van der Waals surface area contributed by atoms with Crippen LogP contribution in [-0.4, -0.2) is 34.6 Å². The van der Waals surface area contributed by atoms with Gasteiger partial charge >= 0.3 is 6.01 Å². The highest BCUT2D eigenvalue weighted by molar-refractivity contribution is 5.36. The lowest BCUT2D eigenvalue weighted by molar-refractivity contribution is 0.306. The summed E-state index contributed by atoms with van der Waals surface area (Å²) in [4.78, 5) is 12.9. The molecule has 2 rings (SSSR count). The molecular weight excluding hydrogens is 266 g/mol. The molecular formula is C15H27N5O. The molecule has 6 nitrogen and oxygen atoms in total. The van der Waals surface area contributed by atoms with E-state index in [4.69, 9.17) is 4.74 Å². The van der Waals surface area contributed by atoms with Gasteiger partial charge in [-0.15, -0.1) is 0 Å². The zero-order chi connectivity index (χ0) is 15.1. The van der Waals surface area contributed by atoms with Gasteiger partial charge in [-0.3, -0.25) is 0 Å². The fraction of sp³-hybridized carbons (Fsp3) is 0.800. The van der Waals surface area contributed by atoms with Crippen molar-refractivity contribution in [2.45, 2.75) is 58.4 Å². The average Bonchev–Trinajstić information content (AvgIpc) is 2.53. The van der Waals surface area contributed by atoms with E-state index in [1.165, 1.54) is 32.1 Å². The van der Waals surface area contributed by atoms with E-state index in [2.05, 4.69) is 32.5 Å². The molecule has 21 heavy (non-hydrogen) atoms. The summed E-state index contributed by atoms with van der Waals surface area (Å²) in [6, 6.07) is 0.796. The topological polar surface area (TPSA) is 72.0 Å². The van der Waals surface area contributed by atoms with E-state index >= 15 is 0 Å². The minimum Gasteiger partial charge on any atom is -0.464 e. The average molecular weight is 293 g/mol. The van der Waals surface area contributed by atoms with E-state index in [9.17, 15) is 0 Å². The van der Waals surface area contributed by atoms with Crippen LogP contribution in [0.2, 0.25) is 0 Å². The molecule has 0 aromatic carbocycles. The summed E-state index contributed by atoms with van der Waals surface area (Å²) in [5, 5.41) is 6.44. The van der Waals surface area contributed by atoms with Gasteiger partial charge in [-0.2, -0.15) is 15.0 Å². The minimum absolute atomic E-state index is 0.373. The van der Waals surface area contributed by atoms with Crippen LogP contribution in [0.25, 0.3) is 0 Å². The maximum Gasteiger partial charge on any atom is 0.323 e. The molecule has 2 N–H and O–H groups in total. The second kappa shape index (κ2) is 8.00. The molecule has 6 heteroatoms. The molecule has 1 aliphatic rings. The van der Waals surface area contributed by atoms with Crippen molar-refractivity contribution in [2.24, 2.45) is 5.92 Å². The van der Waals surface area contributed by atoms with Gasteiger partial charge in [-0.05, 0) is 32.1 Å². The number of nitrogens with zero attached hydrogens (tertiary/aromatic N) is 3. The molecule has 1 aromatic rings. The first-order valence-corrected chi connectivity index (χ1v) is 8.10. The molecule has 1 atom stereocenters. The van der Waals surface area contributed by atoms with Crippen molar-refractivity contribution in [3.63, 3.8) is 0 Å². The summed E-state index contributed by atoms with van der Waals surface area (Å²) >= 11 is 0. The van der Waals surface area contributed by atoms with E-state index in [0.717, 1.165) is 6.42 Å². The maximum atomic E-state index is 5.41. The number of hydrogen-bond acceptors (Lipinski definition) is 6. The molecule has 0 radical (unpaired) electrons. The highest BCUT2D eigenvalue weighted by Gasteiger charge is 2.23. The predicted octanol–water partition coefficient (Wildman–Crippen LogP) is 3.08. The second-order valence-electron chi connectivity index (χ2n) is 5.51. The Morgan fingerprint density at radius 1 is 1.10 bits per heavy atom. The maximum absolute atomic E-state index is 5.41. The number of rotatable bonds is 7. The predicted molar refractivity (Wildman–Crippen MR) is 84.8 cm³/mol. The van der Waals surface area contributed by atoms with Crippen LogP contribution in [0.1, 0.15) is 52.4 Å². The van der Waals surface area contributed by atoms with Gasteiger partial charge in [-0.1, -0.05) is 26.2 Å². The van der Waals surface area contributed by atoms with Crippen LogP contribution in [0.4, 0.5) is 11.9 Å². The Kier molecular flexibility index (Phi) is 6.02. The lowest BCUT2D eigenvalue weighted by atomic mass is 9.83. The molecule has 1 heterocycles. The van der Waals surface area contributed by atoms with E-state index in [1.54, 1.807) is 7.05 Å². The van der Waals surface area contributed by atoms with Gasteiger partial charge in [0, 0.05) is 13.1 Å². The van der Waals surface area contributed by atoms with Gasteiger partial charge in [-0.25, -0.2) is 0 Å². The molecule has 1 unspecified atom stereocenters. The number of nitrogens with one attached hydrogen (secondary N) is 2. The first-order valence-electron chi connectivity index (χ1n) is 8.10. The zero-order valence-electron chi connectivity index (χ0n) is 13.4. The summed E-state index contributed by atoms with van der Waals surface area (Å²) in [7, 11) is 1.80. The van der Waals surface area contributed by atoms with Crippen molar-refractivity contribution in [2.75, 3.05) is 24.3 Å². The largest absolute Gasteiger partial charge is 0.464 e. The zero-order valence-corrected chi connectivity index (χ0v) is 13.4. The Labute approximate surface area is 127 Å². The van der Waals surface area contributed by atoms with Crippen molar-refractivity contribution in [3.05, 3.63) is 0 Å². The molecule has 0 spiro atoms. The molecule has 118 valence electrons. The third-order valence-corrected chi connectivity index (χ3v) is 4.09. The first-order chi connectivity index (χ1) is 10.3. The van der Waals surface area contributed by atoms with Crippen LogP contribution in [-0.2, 0) is 0 Å². The van der Waals surface area contributed by atoms with Gasteiger partial charge < -0.3 is 15.4 Å². The van der Waals surface area contributed by atoms with Crippen molar-refractivity contribution in [1.29, 1.82) is 0 Å². The summed E-state index contributed by atoms with van der Waals surface area (Å²) in [5.74, 6) is 1.86. The van der Waals surface area contributed by atoms with E-state index in [1.807, 2.05) is 6.92 Å². The first kappa shape index (κ1) is 15.8. The Balaban J connectivity index is 2.09. The van der Waals surface area contributed by atoms with Gasteiger partial charge in [0.05, 0.1) is 6.61 Å². The Morgan fingerprint density at radius 2 is 1.81 bits per heavy atom. The second-order valence-corrected chi connectivity index (χ2v) is 5.51. The Hall–Kier alpha value is -1.59. The van der Waals surface area contributed by atoms with E-state index < -0.39 is 0 Å². The SMILES string of the molecule is CCOc1nc(NC)nc(NC(CC)C2CCCCC2)n1. The van der Waals surface area contributed by atoms with Crippen molar-refractivity contribution in [1.82, 2.24) is 15.0 Å². The fourth-order valence-electron chi connectivity index (χ4n) is 2.98. The number of ether oxygens (including phenoxy) is 1. The summed E-state index contributed by atoms with van der Waals surface area (Å²) in [6.45, 7) is 4.69. The molecule has 0 saturated heterocycles. The normalized spacial score (nSPS) is 17.3. The minimum atomic E-state index is 0.373. The molecule has 0 bridgehead atoms. The number of hydrogen-bond donors (Lipinski definition) is 2. The molecule has 1 aliphatic carbocycles. The summed E-state index contributed by atoms with van der Waals surface area (Å²) in [6.07, 6.45) is 7.73. The van der Waals surface area contributed by atoms with Gasteiger partial charge in [0.1, 0.15) is 0 Å². The molecule has 0 amide bonds. The molecule has 1 aromatic heterocycles. The van der Waals surface area contributed by atoms with Gasteiger partial charge in [0.2, 0.25) is 11.9 Å². The van der Waals surface area contributed by atoms with Gasteiger partial charge in [0.25, 0.3) is 0 Å². The number of anilines is 2. The lowest BCUT2D eigenvalue weighted by Gasteiger charge is -2.30. The van der Waals surface area contributed by atoms with Crippen LogP contribution >= 0.6 is 0 Å². The monoisotopic (exact) mass is 293 g/mol. The smallest absolute Gasteiger partial charge is 0.323 e. The van der Waals surface area contributed by atoms with Crippen LogP contribution in [0.3, 0.4) is 0 Å². The summed E-state index contributed by atoms with van der Waals surface area (Å²) < 4.78 is 5.41. The highest BCUT2D eigenvalue weighted by Crippen LogP contribution is 2.29. The van der Waals surface area contributed by atoms with Crippen molar-refractivity contribution >= 4 is 11.9 Å². The quantitative estimate of drug-likeness (QED) is 0.805. The van der Waals surface area contributed by atoms with E-state index in [0.29, 0.717) is 36.5 Å². The third kappa shape index (κ3) is 4.44. The van der Waals surface area contributed by atoms with Crippen LogP contribution < -0.4 is 15.4 Å². The van der Waals surface area contributed by atoms with Crippen molar-refractivity contribution in [3.8, 4) is 6.01 Å². The fourth-order valence-corrected chi connectivity index (χ4v) is 2.98. The molecule has 1 saturated carbocycles. The van der Waals surface area contributed by atoms with E-state index in [-0.39, 0.29) is 0 Å². The van der Waals surface area contributed by atoms with Crippen LogP contribution in [0, 0.1) is 5.92 Å². The van der Waals surface area contributed by atoms with Crippen molar-refractivity contribution < 1.29 is 4.74 Å². The third-order valence-electron chi connectivity index (χ3n) is 4.09. The molecule has 1 fully saturated rings. The Morgan fingerprint density at radius 3 is 2.43 bits per heavy atom. The van der Waals surface area contributed by atoms with Crippen LogP contribution in [0.15, 0.2) is 0 Å². The van der Waals surface area contributed by atoms with Gasteiger partial charge in [0.15, 0.2) is 0 Å². The highest BCUT2D eigenvalue weighted by atomic mass is 16.5. The Bertz CT molecular complexity index is 434. The molecule has 0 aliphatic heterocycles. The summed E-state index contributed by atoms with van der Waals surface area (Å²) in [5.41, 5.74) is 0. The standard InChI is InChI=1S/C15H27N5O/c1-4-12(11-9-7-6-8-10-11)17-14-18-13(16-3)19-15(20-14)21-5-2/h11-12H,4-10H2,1-3H3,(H2,16,17,18,19,20). The van der Waals surface area contributed by atoms with Crippen LogP contribution in [0.5, 0.6) is 6.01 Å². The number of aromatic nitrogens is 3.